The van der Waals surface area contributed by atoms with Gasteiger partial charge in [0, 0.05) is 28.2 Å². The smallest absolute Gasteiger partial charge is 0.230 e. The van der Waals surface area contributed by atoms with Crippen LogP contribution in [-0.4, -0.2) is 47.2 Å². The van der Waals surface area contributed by atoms with Crippen molar-refractivity contribution < 1.29 is 14.3 Å². The molecule has 0 saturated heterocycles. The summed E-state index contributed by atoms with van der Waals surface area (Å²) in [6.07, 6.45) is 0.604. The second kappa shape index (κ2) is 12.2. The molecule has 0 fully saturated rings. The molecule has 0 aliphatic carbocycles. The molecule has 0 aliphatic rings. The third-order valence-corrected chi connectivity index (χ3v) is 6.87. The first-order valence-corrected chi connectivity index (χ1v) is 12.8. The van der Waals surface area contributed by atoms with Crippen molar-refractivity contribution in [1.29, 1.82) is 0 Å². The Morgan fingerprint density at radius 3 is 2.47 bits per heavy atom. The maximum atomic E-state index is 12.6. The quantitative estimate of drug-likeness (QED) is 0.258. The molecule has 0 radical (unpaired) electrons. The number of thioether (sulfide) groups is 1. The van der Waals surface area contributed by atoms with Crippen LogP contribution in [0.25, 0.3) is 17.1 Å². The molecule has 10 heteroatoms. The summed E-state index contributed by atoms with van der Waals surface area (Å²) < 4.78 is 12.8. The average Bonchev–Trinajstić information content (AvgIpc) is 3.33. The van der Waals surface area contributed by atoms with Gasteiger partial charge < -0.3 is 14.8 Å². The Morgan fingerprint density at radius 2 is 1.75 bits per heavy atom. The zero-order valence-corrected chi connectivity index (χ0v) is 22.0. The number of carbonyl (C=O) groups is 1. The predicted octanol–water partition coefficient (Wildman–Crippen LogP) is 5.71. The van der Waals surface area contributed by atoms with Gasteiger partial charge in [-0.25, -0.2) is 0 Å². The molecule has 1 amide bonds. The van der Waals surface area contributed by atoms with E-state index in [0.29, 0.717) is 45.5 Å². The molecule has 3 aromatic carbocycles. The largest absolute Gasteiger partial charge is 0.493 e. The van der Waals surface area contributed by atoms with Gasteiger partial charge in [-0.3, -0.25) is 9.36 Å². The topological polar surface area (TPSA) is 78.3 Å². The van der Waals surface area contributed by atoms with Crippen LogP contribution >= 0.6 is 35.0 Å². The minimum Gasteiger partial charge on any atom is -0.493 e. The Hall–Kier alpha value is -3.20. The number of benzene rings is 3. The van der Waals surface area contributed by atoms with Gasteiger partial charge in [0.25, 0.3) is 0 Å². The SMILES string of the molecule is COc1ccc(-n2c(SCC(=O)NCCc3ccc(Cl)cc3Cl)nnc2-c2ccccc2)cc1OC. The Balaban J connectivity index is 1.51. The van der Waals surface area contributed by atoms with E-state index >= 15 is 0 Å². The van der Waals surface area contributed by atoms with Gasteiger partial charge in [0.2, 0.25) is 5.91 Å². The fourth-order valence-corrected chi connectivity index (χ4v) is 4.86. The number of halogens is 2. The summed E-state index contributed by atoms with van der Waals surface area (Å²) in [5.41, 5.74) is 2.61. The van der Waals surface area contributed by atoms with Gasteiger partial charge in [-0.2, -0.15) is 0 Å². The summed E-state index contributed by atoms with van der Waals surface area (Å²) in [5.74, 6) is 1.91. The van der Waals surface area contributed by atoms with Gasteiger partial charge in [0.1, 0.15) is 0 Å². The normalized spacial score (nSPS) is 10.8. The number of carbonyl (C=O) groups excluding carboxylic acids is 1. The molecule has 1 aromatic heterocycles. The molecule has 1 heterocycles. The number of hydrogen-bond acceptors (Lipinski definition) is 6. The molecule has 4 rings (SSSR count). The van der Waals surface area contributed by atoms with Gasteiger partial charge in [-0.15, -0.1) is 10.2 Å². The molecule has 7 nitrogen and oxygen atoms in total. The van der Waals surface area contributed by atoms with Crippen molar-refractivity contribution in [1.82, 2.24) is 20.1 Å². The fourth-order valence-electron chi connectivity index (χ4n) is 3.58. The second-order valence-electron chi connectivity index (χ2n) is 7.67. The first-order valence-electron chi connectivity index (χ1n) is 11.1. The molecule has 186 valence electrons. The second-order valence-corrected chi connectivity index (χ2v) is 9.46. The predicted molar refractivity (Wildman–Crippen MR) is 144 cm³/mol. The van der Waals surface area contributed by atoms with Crippen molar-refractivity contribution >= 4 is 40.9 Å². The van der Waals surface area contributed by atoms with E-state index in [1.807, 2.05) is 59.2 Å². The maximum Gasteiger partial charge on any atom is 0.230 e. The van der Waals surface area contributed by atoms with Gasteiger partial charge >= 0.3 is 0 Å². The van der Waals surface area contributed by atoms with Crippen molar-refractivity contribution in [2.24, 2.45) is 0 Å². The highest BCUT2D eigenvalue weighted by Gasteiger charge is 2.19. The van der Waals surface area contributed by atoms with Gasteiger partial charge in [-0.05, 0) is 36.2 Å². The van der Waals surface area contributed by atoms with E-state index in [0.717, 1.165) is 16.8 Å². The molecule has 0 saturated carbocycles. The molecule has 1 N–H and O–H groups in total. The molecular weight excluding hydrogens is 519 g/mol. The van der Waals surface area contributed by atoms with Crippen LogP contribution in [0, 0.1) is 0 Å². The first-order chi connectivity index (χ1) is 17.5. The van der Waals surface area contributed by atoms with Crippen LogP contribution in [0.4, 0.5) is 0 Å². The lowest BCUT2D eigenvalue weighted by atomic mass is 10.1. The Labute approximate surface area is 223 Å². The lowest BCUT2D eigenvalue weighted by molar-refractivity contribution is -0.118. The zero-order chi connectivity index (χ0) is 25.5. The third-order valence-electron chi connectivity index (χ3n) is 5.35. The number of hydrogen-bond donors (Lipinski definition) is 1. The number of amides is 1. The van der Waals surface area contributed by atoms with E-state index in [1.54, 1.807) is 26.4 Å². The van der Waals surface area contributed by atoms with Crippen molar-refractivity contribution in [3.8, 4) is 28.6 Å². The van der Waals surface area contributed by atoms with Crippen LogP contribution in [0.2, 0.25) is 10.0 Å². The van der Waals surface area contributed by atoms with Crippen molar-refractivity contribution in [3.05, 3.63) is 82.3 Å². The van der Waals surface area contributed by atoms with Crippen molar-refractivity contribution in [3.63, 3.8) is 0 Å². The molecule has 0 unspecified atom stereocenters. The fraction of sp³-hybridized carbons (Fsp3) is 0.192. The molecule has 36 heavy (non-hydrogen) atoms. The van der Waals surface area contributed by atoms with Crippen LogP contribution in [0.15, 0.2) is 71.9 Å². The van der Waals surface area contributed by atoms with Crippen LogP contribution in [-0.2, 0) is 11.2 Å². The molecular formula is C26H24Cl2N4O3S. The minimum absolute atomic E-state index is 0.117. The van der Waals surface area contributed by atoms with Crippen molar-refractivity contribution in [2.45, 2.75) is 11.6 Å². The lowest BCUT2D eigenvalue weighted by Crippen LogP contribution is -2.27. The van der Waals surface area contributed by atoms with E-state index in [-0.39, 0.29) is 11.7 Å². The van der Waals surface area contributed by atoms with E-state index in [1.165, 1.54) is 11.8 Å². The van der Waals surface area contributed by atoms with Gasteiger partial charge in [0.15, 0.2) is 22.5 Å². The standard InChI is InChI=1S/C26H24Cl2N4O3S/c1-34-22-11-10-20(15-23(22)35-2)32-25(18-6-4-3-5-7-18)30-31-26(32)36-16-24(33)29-13-12-17-8-9-19(27)14-21(17)28/h3-11,14-15H,12-13,16H2,1-2H3,(H,29,33). The summed E-state index contributed by atoms with van der Waals surface area (Å²) >= 11 is 13.5. The van der Waals surface area contributed by atoms with Gasteiger partial charge in [0.05, 0.1) is 25.7 Å². The highest BCUT2D eigenvalue weighted by Crippen LogP contribution is 2.33. The third kappa shape index (κ3) is 6.13. The average molecular weight is 543 g/mol. The first kappa shape index (κ1) is 25.9. The van der Waals surface area contributed by atoms with E-state index < -0.39 is 0 Å². The summed E-state index contributed by atoms with van der Waals surface area (Å²) in [4.78, 5) is 12.6. The number of ether oxygens (including phenoxy) is 2. The number of methoxy groups -OCH3 is 2. The highest BCUT2D eigenvalue weighted by atomic mass is 35.5. The number of nitrogens with zero attached hydrogens (tertiary/aromatic N) is 3. The van der Waals surface area contributed by atoms with Crippen molar-refractivity contribution in [2.75, 3.05) is 26.5 Å². The summed E-state index contributed by atoms with van der Waals surface area (Å²) in [5, 5.41) is 13.5. The molecule has 0 aliphatic heterocycles. The van der Waals surface area contributed by atoms with E-state index in [9.17, 15) is 4.79 Å². The molecule has 4 aromatic rings. The van der Waals surface area contributed by atoms with E-state index in [2.05, 4.69) is 15.5 Å². The van der Waals surface area contributed by atoms with Crippen LogP contribution < -0.4 is 14.8 Å². The highest BCUT2D eigenvalue weighted by molar-refractivity contribution is 7.99. The zero-order valence-electron chi connectivity index (χ0n) is 19.7. The minimum atomic E-state index is -0.117. The van der Waals surface area contributed by atoms with Gasteiger partial charge in [-0.1, -0.05) is 71.4 Å². The van der Waals surface area contributed by atoms with Crippen LogP contribution in [0.1, 0.15) is 5.56 Å². The monoisotopic (exact) mass is 542 g/mol. The van der Waals surface area contributed by atoms with E-state index in [4.69, 9.17) is 32.7 Å². The molecule has 0 atom stereocenters. The summed E-state index contributed by atoms with van der Waals surface area (Å²) in [6.45, 7) is 0.457. The summed E-state index contributed by atoms with van der Waals surface area (Å²) in [7, 11) is 3.18. The molecule has 0 spiro atoms. The van der Waals surface area contributed by atoms with Crippen LogP contribution in [0.3, 0.4) is 0 Å². The number of aromatic nitrogens is 3. The number of nitrogens with one attached hydrogen (secondary N) is 1. The lowest BCUT2D eigenvalue weighted by Gasteiger charge is -2.13. The Kier molecular flexibility index (Phi) is 8.74. The number of rotatable bonds is 10. The molecule has 0 bridgehead atoms. The van der Waals surface area contributed by atoms with Crippen LogP contribution in [0.5, 0.6) is 11.5 Å². The summed E-state index contributed by atoms with van der Waals surface area (Å²) in [6, 6.07) is 20.7. The maximum absolute atomic E-state index is 12.6. The Bertz CT molecular complexity index is 1350. The Morgan fingerprint density at radius 1 is 0.972 bits per heavy atom.